The van der Waals surface area contributed by atoms with Crippen LogP contribution in [0.3, 0.4) is 0 Å². The maximum absolute atomic E-state index is 13.2. The van der Waals surface area contributed by atoms with Gasteiger partial charge in [-0.25, -0.2) is 4.98 Å². The molecule has 0 aromatic carbocycles. The Morgan fingerprint density at radius 3 is 3.05 bits per heavy atom. The second-order valence-electron chi connectivity index (χ2n) is 6.22. The number of anilines is 1. The normalized spacial score (nSPS) is 20.6. The number of nitrogens with zero attached hydrogens (tertiary/aromatic N) is 3. The van der Waals surface area contributed by atoms with Crippen LogP contribution in [-0.4, -0.2) is 27.6 Å². The van der Waals surface area contributed by atoms with E-state index in [2.05, 4.69) is 15.2 Å². The smallest absolute Gasteiger partial charge is 0.236 e. The number of hydrogen-bond donors (Lipinski definition) is 1. The van der Waals surface area contributed by atoms with Gasteiger partial charge < -0.3 is 4.90 Å². The Morgan fingerprint density at radius 2 is 2.18 bits per heavy atom. The van der Waals surface area contributed by atoms with Crippen LogP contribution in [0, 0.1) is 13.8 Å². The Balaban J connectivity index is 1.70. The molecule has 1 aliphatic carbocycles. The third kappa shape index (κ3) is 2.08. The molecule has 0 saturated carbocycles. The van der Waals surface area contributed by atoms with E-state index in [0.29, 0.717) is 0 Å². The maximum atomic E-state index is 13.2. The molecule has 116 valence electrons. The molecule has 0 bridgehead atoms. The van der Waals surface area contributed by atoms with Crippen LogP contribution in [0.15, 0.2) is 0 Å². The molecule has 2 aromatic rings. The fraction of sp³-hybridized carbons (Fsp3) is 0.562. The van der Waals surface area contributed by atoms with Crippen LogP contribution in [0.4, 0.5) is 5.69 Å². The summed E-state index contributed by atoms with van der Waals surface area (Å²) in [5.74, 6) is 0.130. The first-order chi connectivity index (χ1) is 10.6. The van der Waals surface area contributed by atoms with E-state index in [4.69, 9.17) is 0 Å². The van der Waals surface area contributed by atoms with E-state index in [-0.39, 0.29) is 11.8 Å². The summed E-state index contributed by atoms with van der Waals surface area (Å²) in [5, 5.41) is 8.46. The molecule has 22 heavy (non-hydrogen) atoms. The van der Waals surface area contributed by atoms with Crippen molar-refractivity contribution in [3.63, 3.8) is 0 Å². The van der Waals surface area contributed by atoms with E-state index in [1.54, 1.807) is 11.3 Å². The highest BCUT2D eigenvalue weighted by atomic mass is 32.1. The summed E-state index contributed by atoms with van der Waals surface area (Å²) in [7, 11) is 0. The quantitative estimate of drug-likeness (QED) is 0.880. The van der Waals surface area contributed by atoms with E-state index < -0.39 is 0 Å². The second-order valence-corrected chi connectivity index (χ2v) is 7.51. The summed E-state index contributed by atoms with van der Waals surface area (Å²) in [4.78, 5) is 21.1. The van der Waals surface area contributed by atoms with Gasteiger partial charge in [0, 0.05) is 11.4 Å². The number of thiazole rings is 1. The summed E-state index contributed by atoms with van der Waals surface area (Å²) in [6, 6.07) is 0. The molecular formula is C16H20N4OS. The van der Waals surface area contributed by atoms with E-state index in [1.807, 2.05) is 18.7 Å². The standard InChI is InChI=1S/C16H20N4OS/c1-9-15-12(19-18-9)6-4-8-20(15)16(21)11-5-3-7-13-14(11)17-10(2)22-13/h11H,3-8H2,1-2H3,(H,18,19). The lowest BCUT2D eigenvalue weighted by Crippen LogP contribution is -2.40. The van der Waals surface area contributed by atoms with Crippen LogP contribution in [0.1, 0.15) is 52.1 Å². The third-order valence-corrected chi connectivity index (χ3v) is 5.72. The number of carbonyl (C=O) groups is 1. The lowest BCUT2D eigenvalue weighted by atomic mass is 9.89. The Kier molecular flexibility index (Phi) is 3.29. The molecule has 2 aromatic heterocycles. The Morgan fingerprint density at radius 1 is 1.32 bits per heavy atom. The zero-order valence-corrected chi connectivity index (χ0v) is 13.8. The number of H-pyrrole nitrogens is 1. The summed E-state index contributed by atoms with van der Waals surface area (Å²) >= 11 is 1.75. The third-order valence-electron chi connectivity index (χ3n) is 4.68. The number of fused-ring (bicyclic) bond motifs is 2. The van der Waals surface area contributed by atoms with Crippen LogP contribution in [0.5, 0.6) is 0 Å². The van der Waals surface area contributed by atoms with E-state index >= 15 is 0 Å². The Labute approximate surface area is 133 Å². The minimum Gasteiger partial charge on any atom is -0.308 e. The number of rotatable bonds is 1. The largest absolute Gasteiger partial charge is 0.308 e. The van der Waals surface area contributed by atoms with Gasteiger partial charge >= 0.3 is 0 Å². The monoisotopic (exact) mass is 316 g/mol. The molecule has 0 spiro atoms. The molecule has 1 atom stereocenters. The SMILES string of the molecule is Cc1nc2c(s1)CCCC2C(=O)N1CCCc2n[nH]c(C)c21. The molecule has 3 heterocycles. The van der Waals surface area contributed by atoms with Gasteiger partial charge in [0.2, 0.25) is 5.91 Å². The van der Waals surface area contributed by atoms with Gasteiger partial charge in [-0.1, -0.05) is 0 Å². The Bertz CT molecular complexity index is 733. The summed E-state index contributed by atoms with van der Waals surface area (Å²) in [6.45, 7) is 4.82. The van der Waals surface area contributed by atoms with Crippen molar-refractivity contribution in [1.82, 2.24) is 15.2 Å². The van der Waals surface area contributed by atoms with E-state index in [1.165, 1.54) is 4.88 Å². The number of aromatic amines is 1. The van der Waals surface area contributed by atoms with Crippen molar-refractivity contribution < 1.29 is 4.79 Å². The number of aromatic nitrogens is 3. The maximum Gasteiger partial charge on any atom is 0.236 e. The molecule has 4 rings (SSSR count). The predicted molar refractivity (Wildman–Crippen MR) is 86.5 cm³/mol. The molecule has 1 N–H and O–H groups in total. The van der Waals surface area contributed by atoms with Gasteiger partial charge in [0.1, 0.15) is 0 Å². The Hall–Kier alpha value is -1.69. The minimum absolute atomic E-state index is 0.0750. The molecular weight excluding hydrogens is 296 g/mol. The highest BCUT2D eigenvalue weighted by Crippen LogP contribution is 2.38. The fourth-order valence-electron chi connectivity index (χ4n) is 3.71. The average Bonchev–Trinajstić information content (AvgIpc) is 3.08. The number of carbonyl (C=O) groups excluding carboxylic acids is 1. The van der Waals surface area contributed by atoms with E-state index in [9.17, 15) is 4.79 Å². The van der Waals surface area contributed by atoms with Crippen LogP contribution in [0.2, 0.25) is 0 Å². The zero-order chi connectivity index (χ0) is 15.3. The topological polar surface area (TPSA) is 61.9 Å². The number of amides is 1. The molecule has 0 radical (unpaired) electrons. The van der Waals surface area contributed by atoms with Crippen LogP contribution in [-0.2, 0) is 17.6 Å². The molecule has 1 amide bonds. The van der Waals surface area contributed by atoms with Gasteiger partial charge in [-0.05, 0) is 46.0 Å². The van der Waals surface area contributed by atoms with E-state index in [0.717, 1.165) is 66.4 Å². The van der Waals surface area contributed by atoms with Crippen molar-refractivity contribution in [3.05, 3.63) is 27.0 Å². The van der Waals surface area contributed by atoms with Crippen molar-refractivity contribution in [1.29, 1.82) is 0 Å². The number of nitrogens with one attached hydrogen (secondary N) is 1. The first-order valence-corrected chi connectivity index (χ1v) is 8.78. The molecule has 5 nitrogen and oxygen atoms in total. The molecule has 2 aliphatic rings. The van der Waals surface area contributed by atoms with Crippen LogP contribution in [0.25, 0.3) is 0 Å². The highest BCUT2D eigenvalue weighted by molar-refractivity contribution is 7.11. The highest BCUT2D eigenvalue weighted by Gasteiger charge is 2.36. The van der Waals surface area contributed by atoms with Crippen molar-refractivity contribution in [2.45, 2.75) is 51.9 Å². The lowest BCUT2D eigenvalue weighted by Gasteiger charge is -2.31. The molecule has 0 fully saturated rings. The minimum atomic E-state index is -0.0750. The van der Waals surface area contributed by atoms with Gasteiger partial charge in [0.15, 0.2) is 0 Å². The lowest BCUT2D eigenvalue weighted by molar-refractivity contribution is -0.120. The van der Waals surface area contributed by atoms with Gasteiger partial charge in [-0.15, -0.1) is 11.3 Å². The van der Waals surface area contributed by atoms with Crippen molar-refractivity contribution >= 4 is 22.9 Å². The average molecular weight is 316 g/mol. The summed E-state index contributed by atoms with van der Waals surface area (Å²) in [6.07, 6.45) is 5.00. The fourth-order valence-corrected chi connectivity index (χ4v) is 4.75. The van der Waals surface area contributed by atoms with Gasteiger partial charge in [0.05, 0.1) is 33.7 Å². The second kappa shape index (κ2) is 5.19. The zero-order valence-electron chi connectivity index (χ0n) is 13.0. The van der Waals surface area contributed by atoms with Gasteiger partial charge in [0.25, 0.3) is 0 Å². The van der Waals surface area contributed by atoms with Crippen LogP contribution < -0.4 is 4.90 Å². The molecule has 1 aliphatic heterocycles. The van der Waals surface area contributed by atoms with Crippen molar-refractivity contribution in [2.24, 2.45) is 0 Å². The summed E-state index contributed by atoms with van der Waals surface area (Å²) < 4.78 is 0. The van der Waals surface area contributed by atoms with Crippen molar-refractivity contribution in [3.8, 4) is 0 Å². The van der Waals surface area contributed by atoms with Crippen molar-refractivity contribution in [2.75, 3.05) is 11.4 Å². The molecule has 0 saturated heterocycles. The molecule has 1 unspecified atom stereocenters. The summed E-state index contributed by atoms with van der Waals surface area (Å²) in [5.41, 5.74) is 4.07. The first-order valence-electron chi connectivity index (χ1n) is 7.96. The molecule has 6 heteroatoms. The van der Waals surface area contributed by atoms with Gasteiger partial charge in [-0.3, -0.25) is 9.89 Å². The van der Waals surface area contributed by atoms with Gasteiger partial charge in [-0.2, -0.15) is 5.10 Å². The predicted octanol–water partition coefficient (Wildman–Crippen LogP) is 2.88. The number of aryl methyl sites for hydroxylation is 4. The first kappa shape index (κ1) is 13.9. The van der Waals surface area contributed by atoms with Crippen LogP contribution >= 0.6 is 11.3 Å². The number of hydrogen-bond acceptors (Lipinski definition) is 4.